The lowest BCUT2D eigenvalue weighted by molar-refractivity contribution is 0.296. The minimum absolute atomic E-state index is 0. The molecule has 3 aromatic rings. The fourth-order valence-corrected chi connectivity index (χ4v) is 3.12. The van der Waals surface area contributed by atoms with Crippen molar-refractivity contribution in [2.75, 3.05) is 0 Å². The number of nitrogens with zero attached hydrogens (tertiary/aromatic N) is 2. The van der Waals surface area contributed by atoms with Crippen LogP contribution in [0.25, 0.3) is 10.9 Å². The first-order chi connectivity index (χ1) is 11.1. The Kier molecular flexibility index (Phi) is 6.14. The molecule has 0 fully saturated rings. The predicted molar refractivity (Wildman–Crippen MR) is 103 cm³/mol. The second kappa shape index (κ2) is 7.91. The molecule has 0 N–H and O–H groups in total. The van der Waals surface area contributed by atoms with E-state index in [4.69, 9.17) is 16.3 Å². The average molecular weight is 365 g/mol. The Morgan fingerprint density at radius 2 is 1.92 bits per heavy atom. The normalized spacial score (nSPS) is 10.7. The third-order valence-corrected chi connectivity index (χ3v) is 4.65. The van der Waals surface area contributed by atoms with Crippen molar-refractivity contribution in [2.45, 2.75) is 40.3 Å². The summed E-state index contributed by atoms with van der Waals surface area (Å²) in [6.07, 6.45) is 2.88. The molecule has 0 bridgehead atoms. The first-order valence-electron chi connectivity index (χ1n) is 7.94. The van der Waals surface area contributed by atoms with Crippen LogP contribution in [0.5, 0.6) is 5.88 Å². The summed E-state index contributed by atoms with van der Waals surface area (Å²) in [7, 11) is 0. The smallest absolute Gasteiger partial charge is 0.238 e. The molecule has 0 radical (unpaired) electrons. The highest BCUT2D eigenvalue weighted by molar-refractivity contribution is 6.31. The van der Waals surface area contributed by atoms with E-state index in [1.807, 2.05) is 30.5 Å². The molecule has 0 atom stereocenters. The second-order valence-electron chi connectivity index (χ2n) is 5.75. The molecule has 2 heterocycles. The van der Waals surface area contributed by atoms with Crippen LogP contribution < -0.4 is 4.74 Å². The van der Waals surface area contributed by atoms with Crippen LogP contribution in [-0.4, -0.2) is 9.55 Å². The summed E-state index contributed by atoms with van der Waals surface area (Å²) in [5.74, 6) is 0.673. The summed E-state index contributed by atoms with van der Waals surface area (Å²) < 4.78 is 8.33. The zero-order chi connectivity index (χ0) is 16.4. The maximum atomic E-state index is 6.21. The molecule has 0 saturated heterocycles. The Bertz CT molecular complexity index is 843. The Labute approximate surface area is 154 Å². The summed E-state index contributed by atoms with van der Waals surface area (Å²) in [5, 5.41) is 1.93. The van der Waals surface area contributed by atoms with Gasteiger partial charge in [-0.2, -0.15) is 0 Å². The lowest BCUT2D eigenvalue weighted by atomic mass is 10.2. The van der Waals surface area contributed by atoms with E-state index < -0.39 is 0 Å². The maximum absolute atomic E-state index is 6.21. The molecule has 0 amide bonds. The maximum Gasteiger partial charge on any atom is 0.238 e. The number of hydrogen-bond acceptors (Lipinski definition) is 2. The highest BCUT2D eigenvalue weighted by atomic mass is 35.5. The van der Waals surface area contributed by atoms with E-state index >= 15 is 0 Å². The van der Waals surface area contributed by atoms with Crippen molar-refractivity contribution in [3.05, 3.63) is 58.4 Å². The average Bonchev–Trinajstić information content (AvgIpc) is 2.80. The second-order valence-corrected chi connectivity index (χ2v) is 6.16. The van der Waals surface area contributed by atoms with E-state index in [1.165, 1.54) is 16.6 Å². The van der Waals surface area contributed by atoms with Gasteiger partial charge in [0.25, 0.3) is 0 Å². The number of aromatic nitrogens is 2. The van der Waals surface area contributed by atoms with Gasteiger partial charge in [-0.05, 0) is 38.0 Å². The molecule has 128 valence electrons. The van der Waals surface area contributed by atoms with Crippen molar-refractivity contribution in [2.24, 2.45) is 0 Å². The number of aryl methyl sites for hydroxylation is 2. The van der Waals surface area contributed by atoms with Crippen LogP contribution in [0.15, 0.2) is 36.5 Å². The van der Waals surface area contributed by atoms with Crippen molar-refractivity contribution in [1.29, 1.82) is 0 Å². The molecule has 0 spiro atoms. The van der Waals surface area contributed by atoms with Crippen molar-refractivity contribution in [1.82, 2.24) is 9.55 Å². The third-order valence-electron chi connectivity index (χ3n) is 4.28. The SMILES string of the molecule is CCCn1c(C)c(C)c2ccnc(OCc3ccccc3Cl)c21.Cl. The van der Waals surface area contributed by atoms with Gasteiger partial charge in [0, 0.05) is 34.4 Å². The van der Waals surface area contributed by atoms with Gasteiger partial charge in [-0.25, -0.2) is 4.98 Å². The molecular formula is C19H22Cl2N2O. The lowest BCUT2D eigenvalue weighted by Gasteiger charge is -2.11. The van der Waals surface area contributed by atoms with Gasteiger partial charge in [0.2, 0.25) is 5.88 Å². The molecule has 5 heteroatoms. The van der Waals surface area contributed by atoms with Crippen LogP contribution >= 0.6 is 24.0 Å². The first kappa shape index (κ1) is 18.6. The standard InChI is InChI=1S/C19H21ClN2O.ClH/c1-4-11-22-14(3)13(2)16-9-10-21-19(18(16)22)23-12-15-7-5-6-8-17(15)20;/h5-10H,4,11-12H2,1-3H3;1H. The Balaban J connectivity index is 0.00000208. The largest absolute Gasteiger partial charge is 0.471 e. The molecular weight excluding hydrogens is 343 g/mol. The number of ether oxygens (including phenoxy) is 1. The van der Waals surface area contributed by atoms with E-state index in [2.05, 4.69) is 36.4 Å². The van der Waals surface area contributed by atoms with Gasteiger partial charge in [0.05, 0.1) is 0 Å². The molecule has 3 rings (SSSR count). The van der Waals surface area contributed by atoms with Gasteiger partial charge in [-0.3, -0.25) is 0 Å². The summed E-state index contributed by atoms with van der Waals surface area (Å²) in [5.41, 5.74) is 4.61. The molecule has 0 aliphatic rings. The van der Waals surface area contributed by atoms with E-state index in [1.54, 1.807) is 0 Å². The van der Waals surface area contributed by atoms with Gasteiger partial charge in [0.1, 0.15) is 12.1 Å². The Morgan fingerprint density at radius 1 is 1.17 bits per heavy atom. The van der Waals surface area contributed by atoms with Crippen molar-refractivity contribution in [3.63, 3.8) is 0 Å². The van der Waals surface area contributed by atoms with Crippen LogP contribution in [0.1, 0.15) is 30.2 Å². The quantitative estimate of drug-likeness (QED) is 0.578. The number of halogens is 2. The van der Waals surface area contributed by atoms with Crippen LogP contribution in [0.2, 0.25) is 5.02 Å². The fraction of sp³-hybridized carbons (Fsp3) is 0.316. The molecule has 0 aliphatic heterocycles. The molecule has 0 saturated carbocycles. The highest BCUT2D eigenvalue weighted by Crippen LogP contribution is 2.31. The monoisotopic (exact) mass is 364 g/mol. The van der Waals surface area contributed by atoms with E-state index in [9.17, 15) is 0 Å². The van der Waals surface area contributed by atoms with Crippen LogP contribution in [0.4, 0.5) is 0 Å². The van der Waals surface area contributed by atoms with E-state index in [0.29, 0.717) is 12.5 Å². The van der Waals surface area contributed by atoms with Gasteiger partial charge in [-0.1, -0.05) is 36.7 Å². The van der Waals surface area contributed by atoms with Crippen molar-refractivity contribution >= 4 is 34.9 Å². The number of benzene rings is 1. The van der Waals surface area contributed by atoms with Gasteiger partial charge >= 0.3 is 0 Å². The van der Waals surface area contributed by atoms with E-state index in [0.717, 1.165) is 29.1 Å². The topological polar surface area (TPSA) is 27.1 Å². The van der Waals surface area contributed by atoms with Gasteiger partial charge in [0.15, 0.2) is 0 Å². The van der Waals surface area contributed by atoms with Crippen LogP contribution in [0.3, 0.4) is 0 Å². The van der Waals surface area contributed by atoms with E-state index in [-0.39, 0.29) is 12.4 Å². The van der Waals surface area contributed by atoms with Crippen molar-refractivity contribution < 1.29 is 4.74 Å². The predicted octanol–water partition coefficient (Wildman–Crippen LogP) is 5.72. The molecule has 0 unspecified atom stereocenters. The number of hydrogen-bond donors (Lipinski definition) is 0. The first-order valence-corrected chi connectivity index (χ1v) is 8.32. The fourth-order valence-electron chi connectivity index (χ4n) is 2.93. The lowest BCUT2D eigenvalue weighted by Crippen LogP contribution is -2.03. The third kappa shape index (κ3) is 3.38. The molecule has 2 aromatic heterocycles. The zero-order valence-corrected chi connectivity index (χ0v) is 15.7. The number of pyridine rings is 1. The summed E-state index contributed by atoms with van der Waals surface area (Å²) in [6.45, 7) is 7.87. The van der Waals surface area contributed by atoms with Crippen molar-refractivity contribution in [3.8, 4) is 5.88 Å². The zero-order valence-electron chi connectivity index (χ0n) is 14.2. The number of fused-ring (bicyclic) bond motifs is 1. The van der Waals surface area contributed by atoms with Gasteiger partial charge in [-0.15, -0.1) is 12.4 Å². The molecule has 0 aliphatic carbocycles. The number of rotatable bonds is 5. The summed E-state index contributed by atoms with van der Waals surface area (Å²) >= 11 is 6.21. The minimum atomic E-state index is 0. The minimum Gasteiger partial charge on any atom is -0.471 e. The molecule has 3 nitrogen and oxygen atoms in total. The molecule has 24 heavy (non-hydrogen) atoms. The highest BCUT2D eigenvalue weighted by Gasteiger charge is 2.16. The Hall–Kier alpha value is -1.71. The van der Waals surface area contributed by atoms with Crippen LogP contribution in [0, 0.1) is 13.8 Å². The van der Waals surface area contributed by atoms with Gasteiger partial charge < -0.3 is 9.30 Å². The summed E-state index contributed by atoms with van der Waals surface area (Å²) in [6, 6.07) is 9.80. The molecule has 1 aromatic carbocycles. The Morgan fingerprint density at radius 3 is 2.62 bits per heavy atom. The summed E-state index contributed by atoms with van der Waals surface area (Å²) in [4.78, 5) is 4.46. The van der Waals surface area contributed by atoms with Crippen LogP contribution in [-0.2, 0) is 13.2 Å².